The zero-order valence-electron chi connectivity index (χ0n) is 10.2. The minimum absolute atomic E-state index is 0.147. The summed E-state index contributed by atoms with van der Waals surface area (Å²) in [6.45, 7) is -0.217. The Balaban J connectivity index is 2.25. The van der Waals surface area contributed by atoms with Gasteiger partial charge in [-0.1, -0.05) is 27.2 Å². The summed E-state index contributed by atoms with van der Waals surface area (Å²) in [5.41, 5.74) is 0.671. The Hall–Kier alpha value is -2.28. The highest BCUT2D eigenvalue weighted by atomic mass is 79.9. The molecule has 0 aliphatic heterocycles. The quantitative estimate of drug-likeness (QED) is 0.840. The number of nitroso groups, excluding NO2 is 1. The van der Waals surface area contributed by atoms with Crippen LogP contribution in [0.15, 0.2) is 46.2 Å². The Morgan fingerprint density at radius 1 is 1.40 bits per heavy atom. The molecule has 1 aromatic heterocycles. The maximum absolute atomic E-state index is 12.0. The van der Waals surface area contributed by atoms with E-state index in [4.69, 9.17) is 0 Å². The number of aromatic nitrogens is 1. The van der Waals surface area contributed by atoms with Crippen molar-refractivity contribution in [3.8, 4) is 5.75 Å². The highest BCUT2D eigenvalue weighted by molar-refractivity contribution is 9.10. The Morgan fingerprint density at radius 2 is 2.20 bits per heavy atom. The molecule has 7 heteroatoms. The van der Waals surface area contributed by atoms with Gasteiger partial charge in [0.25, 0.3) is 5.91 Å². The highest BCUT2D eigenvalue weighted by Gasteiger charge is 2.16. The number of amides is 1. The van der Waals surface area contributed by atoms with Gasteiger partial charge in [-0.25, -0.2) is 4.98 Å². The van der Waals surface area contributed by atoms with Crippen molar-refractivity contribution in [2.24, 2.45) is 5.18 Å². The van der Waals surface area contributed by atoms with Crippen LogP contribution in [0.4, 0.5) is 5.69 Å². The van der Waals surface area contributed by atoms with Crippen LogP contribution in [0.1, 0.15) is 16.1 Å². The van der Waals surface area contributed by atoms with Gasteiger partial charge in [-0.05, 0) is 24.3 Å². The predicted molar refractivity (Wildman–Crippen MR) is 77.5 cm³/mol. The van der Waals surface area contributed by atoms with E-state index in [-0.39, 0.29) is 23.6 Å². The molecule has 20 heavy (non-hydrogen) atoms. The summed E-state index contributed by atoms with van der Waals surface area (Å²) in [7, 11) is 0. The van der Waals surface area contributed by atoms with Crippen LogP contribution in [0.2, 0.25) is 0 Å². The van der Waals surface area contributed by atoms with Crippen LogP contribution in [0.5, 0.6) is 5.75 Å². The standard InChI is InChI=1S/C13H10BrN3O3/c14-9-2-1-3-10(6-9)17-13(19)11-12(18)8(7-16-20)4-5-15-11/h1-6,18H,7H2,(H,17,19). The molecule has 2 rings (SSSR count). The normalized spacial score (nSPS) is 10.1. The van der Waals surface area contributed by atoms with E-state index >= 15 is 0 Å². The second kappa shape index (κ2) is 6.25. The fourth-order valence-electron chi connectivity index (χ4n) is 1.61. The van der Waals surface area contributed by atoms with E-state index in [1.54, 1.807) is 18.2 Å². The number of carbonyl (C=O) groups is 1. The van der Waals surface area contributed by atoms with E-state index in [0.29, 0.717) is 5.69 Å². The lowest BCUT2D eigenvalue weighted by molar-refractivity contribution is 0.101. The number of hydrogen-bond donors (Lipinski definition) is 2. The summed E-state index contributed by atoms with van der Waals surface area (Å²) < 4.78 is 0.811. The number of aromatic hydroxyl groups is 1. The smallest absolute Gasteiger partial charge is 0.278 e. The molecule has 102 valence electrons. The van der Waals surface area contributed by atoms with E-state index < -0.39 is 5.91 Å². The zero-order chi connectivity index (χ0) is 14.5. The number of halogens is 1. The average molecular weight is 336 g/mol. The van der Waals surface area contributed by atoms with Gasteiger partial charge in [0.15, 0.2) is 11.4 Å². The third-order valence-corrected chi connectivity index (χ3v) is 3.03. The van der Waals surface area contributed by atoms with E-state index in [1.165, 1.54) is 12.3 Å². The molecule has 0 spiro atoms. The van der Waals surface area contributed by atoms with Crippen LogP contribution in [0.25, 0.3) is 0 Å². The molecule has 0 aliphatic carbocycles. The number of nitrogens with zero attached hydrogens (tertiary/aromatic N) is 2. The summed E-state index contributed by atoms with van der Waals surface area (Å²) in [4.78, 5) is 26.1. The van der Waals surface area contributed by atoms with Gasteiger partial charge in [0.05, 0.1) is 0 Å². The second-order valence-corrected chi connectivity index (χ2v) is 4.83. The largest absolute Gasteiger partial charge is 0.505 e. The van der Waals surface area contributed by atoms with E-state index in [0.717, 1.165) is 4.47 Å². The molecule has 1 heterocycles. The van der Waals surface area contributed by atoms with E-state index in [9.17, 15) is 14.8 Å². The Morgan fingerprint density at radius 3 is 2.90 bits per heavy atom. The van der Waals surface area contributed by atoms with Crippen molar-refractivity contribution >= 4 is 27.5 Å². The number of hydrogen-bond acceptors (Lipinski definition) is 5. The van der Waals surface area contributed by atoms with Gasteiger partial charge in [0.1, 0.15) is 6.54 Å². The molecular weight excluding hydrogens is 326 g/mol. The Labute approximate surface area is 123 Å². The van der Waals surface area contributed by atoms with E-state index in [1.807, 2.05) is 6.07 Å². The lowest BCUT2D eigenvalue weighted by Gasteiger charge is -2.08. The van der Waals surface area contributed by atoms with Crippen molar-refractivity contribution in [3.05, 3.63) is 57.2 Å². The first-order valence-corrected chi connectivity index (χ1v) is 6.44. The van der Waals surface area contributed by atoms with Crippen LogP contribution in [0, 0.1) is 4.91 Å². The topological polar surface area (TPSA) is 91.7 Å². The fourth-order valence-corrected chi connectivity index (χ4v) is 2.01. The minimum Gasteiger partial charge on any atom is -0.505 e. The summed E-state index contributed by atoms with van der Waals surface area (Å²) in [6, 6.07) is 8.44. The Kier molecular flexibility index (Phi) is 4.41. The third-order valence-electron chi connectivity index (χ3n) is 2.54. The highest BCUT2D eigenvalue weighted by Crippen LogP contribution is 2.23. The van der Waals surface area contributed by atoms with Crippen molar-refractivity contribution < 1.29 is 9.90 Å². The van der Waals surface area contributed by atoms with Crippen molar-refractivity contribution in [1.29, 1.82) is 0 Å². The summed E-state index contributed by atoms with van der Waals surface area (Å²) in [6.07, 6.45) is 1.34. The maximum Gasteiger partial charge on any atom is 0.278 e. The molecule has 0 saturated carbocycles. The molecule has 0 radical (unpaired) electrons. The number of nitrogens with one attached hydrogen (secondary N) is 1. The van der Waals surface area contributed by atoms with Gasteiger partial charge < -0.3 is 10.4 Å². The van der Waals surface area contributed by atoms with Gasteiger partial charge in [-0.2, -0.15) is 4.91 Å². The number of anilines is 1. The van der Waals surface area contributed by atoms with Crippen molar-refractivity contribution in [2.75, 3.05) is 5.32 Å². The number of pyridine rings is 1. The molecule has 2 N–H and O–H groups in total. The zero-order valence-corrected chi connectivity index (χ0v) is 11.8. The molecule has 0 saturated heterocycles. The van der Waals surface area contributed by atoms with Gasteiger partial charge >= 0.3 is 0 Å². The monoisotopic (exact) mass is 335 g/mol. The van der Waals surface area contributed by atoms with Gasteiger partial charge in [-0.15, -0.1) is 0 Å². The summed E-state index contributed by atoms with van der Waals surface area (Å²) in [5, 5.41) is 15.2. The lowest BCUT2D eigenvalue weighted by Crippen LogP contribution is -2.14. The SMILES string of the molecule is O=NCc1ccnc(C(=O)Nc2cccc(Br)c2)c1O. The second-order valence-electron chi connectivity index (χ2n) is 3.92. The van der Waals surface area contributed by atoms with Crippen LogP contribution in [-0.2, 0) is 6.54 Å². The van der Waals surface area contributed by atoms with Gasteiger partial charge in [0, 0.05) is 21.9 Å². The molecule has 0 unspecified atom stereocenters. The summed E-state index contributed by atoms with van der Waals surface area (Å²) >= 11 is 3.29. The molecular formula is C13H10BrN3O3. The molecule has 0 bridgehead atoms. The minimum atomic E-state index is -0.562. The molecule has 0 fully saturated rings. The molecule has 2 aromatic rings. The Bertz CT molecular complexity index is 661. The fraction of sp³-hybridized carbons (Fsp3) is 0.0769. The van der Waals surface area contributed by atoms with Gasteiger partial charge in [0.2, 0.25) is 0 Å². The molecule has 1 amide bonds. The first-order chi connectivity index (χ1) is 9.61. The number of rotatable bonds is 4. The lowest BCUT2D eigenvalue weighted by atomic mass is 10.2. The van der Waals surface area contributed by atoms with Crippen molar-refractivity contribution in [1.82, 2.24) is 4.98 Å². The first kappa shape index (κ1) is 14.1. The van der Waals surface area contributed by atoms with Crippen LogP contribution < -0.4 is 5.32 Å². The average Bonchev–Trinajstić information content (AvgIpc) is 2.41. The first-order valence-electron chi connectivity index (χ1n) is 5.64. The third kappa shape index (κ3) is 3.18. The summed E-state index contributed by atoms with van der Waals surface area (Å²) in [5.74, 6) is -0.895. The molecule has 1 aromatic carbocycles. The van der Waals surface area contributed by atoms with Crippen molar-refractivity contribution in [2.45, 2.75) is 6.54 Å². The van der Waals surface area contributed by atoms with Gasteiger partial charge in [-0.3, -0.25) is 4.79 Å². The molecule has 6 nitrogen and oxygen atoms in total. The number of carbonyl (C=O) groups excluding carboxylic acids is 1. The van der Waals surface area contributed by atoms with Crippen LogP contribution in [0.3, 0.4) is 0 Å². The van der Waals surface area contributed by atoms with Crippen molar-refractivity contribution in [3.63, 3.8) is 0 Å². The van der Waals surface area contributed by atoms with Crippen LogP contribution >= 0.6 is 15.9 Å². The number of benzene rings is 1. The van der Waals surface area contributed by atoms with E-state index in [2.05, 4.69) is 31.4 Å². The molecule has 0 aliphatic rings. The predicted octanol–water partition coefficient (Wildman–Crippen LogP) is 3.07. The van der Waals surface area contributed by atoms with Crippen LogP contribution in [-0.4, -0.2) is 16.0 Å². The molecule has 0 atom stereocenters. The maximum atomic E-state index is 12.0.